The Hall–Kier alpha value is -2.41. The van der Waals surface area contributed by atoms with Crippen molar-refractivity contribution >= 4 is 17.3 Å². The molecule has 20 heavy (non-hydrogen) atoms. The molecule has 1 aromatic heterocycles. The number of benzene rings is 1. The molecule has 0 radical (unpaired) electrons. The van der Waals surface area contributed by atoms with Crippen molar-refractivity contribution in [1.29, 1.82) is 0 Å². The molecule has 0 aliphatic rings. The van der Waals surface area contributed by atoms with E-state index in [-0.39, 0.29) is 11.6 Å². The summed E-state index contributed by atoms with van der Waals surface area (Å²) in [7, 11) is 0. The molecule has 0 spiro atoms. The summed E-state index contributed by atoms with van der Waals surface area (Å²) < 4.78 is 32.1. The van der Waals surface area contributed by atoms with E-state index in [1.54, 1.807) is 24.3 Å². The highest BCUT2D eigenvalue weighted by Gasteiger charge is 2.11. The van der Waals surface area contributed by atoms with Gasteiger partial charge in [0.05, 0.1) is 6.61 Å². The predicted octanol–water partition coefficient (Wildman–Crippen LogP) is 2.79. The second kappa shape index (κ2) is 6.16. The van der Waals surface area contributed by atoms with Gasteiger partial charge in [0.2, 0.25) is 0 Å². The van der Waals surface area contributed by atoms with Crippen LogP contribution in [0.2, 0.25) is 0 Å². The zero-order valence-corrected chi connectivity index (χ0v) is 10.8. The Kier molecular flexibility index (Phi) is 4.31. The minimum absolute atomic E-state index is 0.122. The molecular weight excluding hydrogens is 266 g/mol. The number of hydrogen-bond donors (Lipinski definition) is 3. The predicted molar refractivity (Wildman–Crippen MR) is 72.9 cm³/mol. The second-order valence-electron chi connectivity index (χ2n) is 3.88. The van der Waals surface area contributed by atoms with E-state index < -0.39 is 11.6 Å². The highest BCUT2D eigenvalue weighted by Crippen LogP contribution is 2.23. The molecule has 0 saturated carbocycles. The molecule has 0 atom stereocenters. The molecule has 0 fully saturated rings. The second-order valence-corrected chi connectivity index (χ2v) is 3.88. The fraction of sp³-hybridized carbons (Fsp3) is 0.154. The first-order chi connectivity index (χ1) is 9.63. The number of hydrazine groups is 1. The highest BCUT2D eigenvalue weighted by atomic mass is 19.1. The van der Waals surface area contributed by atoms with Crippen LogP contribution < -0.4 is 21.3 Å². The van der Waals surface area contributed by atoms with Gasteiger partial charge in [-0.05, 0) is 31.2 Å². The number of pyridine rings is 1. The Balaban J connectivity index is 2.21. The number of rotatable bonds is 5. The van der Waals surface area contributed by atoms with Gasteiger partial charge >= 0.3 is 0 Å². The molecule has 0 unspecified atom stereocenters. The fourth-order valence-electron chi connectivity index (χ4n) is 1.59. The average Bonchev–Trinajstić information content (AvgIpc) is 2.44. The van der Waals surface area contributed by atoms with E-state index >= 15 is 0 Å². The van der Waals surface area contributed by atoms with Crippen LogP contribution in [-0.2, 0) is 0 Å². The van der Waals surface area contributed by atoms with E-state index in [9.17, 15) is 8.78 Å². The molecule has 106 valence electrons. The molecule has 2 aromatic rings. The topological polar surface area (TPSA) is 72.2 Å². The maximum absolute atomic E-state index is 13.6. The Bertz CT molecular complexity index is 590. The van der Waals surface area contributed by atoms with Crippen LogP contribution >= 0.6 is 0 Å². The summed E-state index contributed by atoms with van der Waals surface area (Å²) in [6, 6.07) is 7.57. The summed E-state index contributed by atoms with van der Waals surface area (Å²) in [4.78, 5) is 3.72. The van der Waals surface area contributed by atoms with Crippen LogP contribution in [-0.4, -0.2) is 11.6 Å². The molecule has 0 bridgehead atoms. The van der Waals surface area contributed by atoms with Crippen LogP contribution in [0.3, 0.4) is 0 Å². The summed E-state index contributed by atoms with van der Waals surface area (Å²) in [5, 5.41) is 2.74. The minimum atomic E-state index is -0.859. The van der Waals surface area contributed by atoms with Crippen LogP contribution in [0.4, 0.5) is 26.1 Å². The zero-order chi connectivity index (χ0) is 14.5. The van der Waals surface area contributed by atoms with Gasteiger partial charge < -0.3 is 15.5 Å². The molecule has 1 aromatic carbocycles. The van der Waals surface area contributed by atoms with E-state index in [2.05, 4.69) is 15.7 Å². The molecular formula is C13H14F2N4O. The van der Waals surface area contributed by atoms with E-state index in [1.807, 2.05) is 6.92 Å². The third kappa shape index (κ3) is 3.12. The molecule has 0 aliphatic heterocycles. The lowest BCUT2D eigenvalue weighted by Crippen LogP contribution is -2.12. The zero-order valence-electron chi connectivity index (χ0n) is 10.8. The Morgan fingerprint density at radius 3 is 2.40 bits per heavy atom. The summed E-state index contributed by atoms with van der Waals surface area (Å²) in [5.74, 6) is 3.77. The number of nitrogens with one attached hydrogen (secondary N) is 2. The third-order valence-corrected chi connectivity index (χ3v) is 2.49. The van der Waals surface area contributed by atoms with E-state index in [4.69, 9.17) is 10.6 Å². The van der Waals surface area contributed by atoms with Crippen molar-refractivity contribution in [3.8, 4) is 5.75 Å². The van der Waals surface area contributed by atoms with Gasteiger partial charge in [-0.1, -0.05) is 0 Å². The van der Waals surface area contributed by atoms with Gasteiger partial charge in [-0.15, -0.1) is 0 Å². The van der Waals surface area contributed by atoms with E-state index in [0.29, 0.717) is 24.1 Å². The molecule has 4 N–H and O–H groups in total. The Labute approximate surface area is 114 Å². The van der Waals surface area contributed by atoms with E-state index in [1.165, 1.54) is 0 Å². The van der Waals surface area contributed by atoms with Gasteiger partial charge in [0, 0.05) is 11.8 Å². The number of anilines is 3. The number of halogens is 2. The van der Waals surface area contributed by atoms with Crippen LogP contribution in [0.25, 0.3) is 0 Å². The molecule has 7 heteroatoms. The van der Waals surface area contributed by atoms with Crippen molar-refractivity contribution in [3.05, 3.63) is 42.0 Å². The lowest BCUT2D eigenvalue weighted by atomic mass is 10.3. The smallest absolute Gasteiger partial charge is 0.178 e. The summed E-state index contributed by atoms with van der Waals surface area (Å²) in [6.07, 6.45) is 0. The fourth-order valence-corrected chi connectivity index (χ4v) is 1.59. The van der Waals surface area contributed by atoms with Crippen molar-refractivity contribution in [2.75, 3.05) is 17.3 Å². The lowest BCUT2D eigenvalue weighted by molar-refractivity contribution is 0.340. The lowest BCUT2D eigenvalue weighted by Gasteiger charge is -2.10. The van der Waals surface area contributed by atoms with Gasteiger partial charge in [0.15, 0.2) is 23.3 Å². The largest absolute Gasteiger partial charge is 0.494 e. The SMILES string of the molecule is CCOc1ccc(Nc2nc(NN)c(F)cc2F)cc1. The van der Waals surface area contributed by atoms with E-state index in [0.717, 1.165) is 0 Å². The van der Waals surface area contributed by atoms with Crippen molar-refractivity contribution in [1.82, 2.24) is 4.98 Å². The van der Waals surface area contributed by atoms with Crippen LogP contribution in [0.15, 0.2) is 30.3 Å². The Morgan fingerprint density at radius 2 is 1.80 bits per heavy atom. The summed E-state index contributed by atoms with van der Waals surface area (Å²) in [5.41, 5.74) is 2.65. The number of nitrogens with two attached hydrogens (primary N) is 1. The quantitative estimate of drug-likeness (QED) is 0.580. The number of nitrogens with zero attached hydrogens (tertiary/aromatic N) is 1. The number of nitrogen functional groups attached to an aromatic ring is 1. The van der Waals surface area contributed by atoms with Crippen LogP contribution in [0.1, 0.15) is 6.92 Å². The first-order valence-corrected chi connectivity index (χ1v) is 5.96. The maximum atomic E-state index is 13.6. The minimum Gasteiger partial charge on any atom is -0.494 e. The molecule has 0 amide bonds. The van der Waals surface area contributed by atoms with Crippen molar-refractivity contribution < 1.29 is 13.5 Å². The summed E-state index contributed by atoms with van der Waals surface area (Å²) in [6.45, 7) is 2.44. The molecule has 0 saturated heterocycles. The van der Waals surface area contributed by atoms with Gasteiger partial charge in [-0.25, -0.2) is 19.6 Å². The number of ether oxygens (including phenoxy) is 1. The molecule has 1 heterocycles. The standard InChI is InChI=1S/C13H14F2N4O/c1-2-20-9-5-3-8(4-6-9)17-12-10(14)7-11(15)13(18-12)19-16/h3-7H,2,16H2,1H3,(H2,17,18,19). The summed E-state index contributed by atoms with van der Waals surface area (Å²) >= 11 is 0. The molecule has 2 rings (SSSR count). The van der Waals surface area contributed by atoms with Gasteiger partial charge in [-0.2, -0.15) is 0 Å². The molecule has 0 aliphatic carbocycles. The van der Waals surface area contributed by atoms with Gasteiger partial charge in [-0.3, -0.25) is 0 Å². The first kappa shape index (κ1) is 14.0. The van der Waals surface area contributed by atoms with Crippen LogP contribution in [0.5, 0.6) is 5.75 Å². The number of aromatic nitrogens is 1. The average molecular weight is 280 g/mol. The first-order valence-electron chi connectivity index (χ1n) is 5.96. The Morgan fingerprint density at radius 1 is 1.15 bits per heavy atom. The van der Waals surface area contributed by atoms with Crippen molar-refractivity contribution in [3.63, 3.8) is 0 Å². The van der Waals surface area contributed by atoms with Gasteiger partial charge in [0.25, 0.3) is 0 Å². The van der Waals surface area contributed by atoms with Gasteiger partial charge in [0.1, 0.15) is 5.75 Å². The van der Waals surface area contributed by atoms with Crippen molar-refractivity contribution in [2.45, 2.75) is 6.92 Å². The van der Waals surface area contributed by atoms with Crippen LogP contribution in [0, 0.1) is 11.6 Å². The monoisotopic (exact) mass is 280 g/mol. The third-order valence-electron chi connectivity index (χ3n) is 2.49. The number of hydrogen-bond acceptors (Lipinski definition) is 5. The maximum Gasteiger partial charge on any atom is 0.178 e. The van der Waals surface area contributed by atoms with Crippen molar-refractivity contribution in [2.24, 2.45) is 5.84 Å². The highest BCUT2D eigenvalue weighted by molar-refractivity contribution is 5.59. The molecule has 5 nitrogen and oxygen atoms in total. The normalized spacial score (nSPS) is 10.2.